The second-order valence-corrected chi connectivity index (χ2v) is 4.83. The fourth-order valence-electron chi connectivity index (χ4n) is 1.84. The van der Waals surface area contributed by atoms with E-state index in [-0.39, 0.29) is 11.7 Å². The zero-order chi connectivity index (χ0) is 17.2. The van der Waals surface area contributed by atoms with E-state index in [1.807, 2.05) is 6.07 Å². The van der Waals surface area contributed by atoms with E-state index in [0.717, 1.165) is 0 Å². The Hall–Kier alpha value is -3.20. The molecule has 1 aromatic carbocycles. The summed E-state index contributed by atoms with van der Waals surface area (Å²) >= 11 is 0. The molecule has 24 heavy (non-hydrogen) atoms. The fraction of sp³-hybridized carbons (Fsp3) is 0.167. The van der Waals surface area contributed by atoms with Crippen molar-refractivity contribution < 1.29 is 13.9 Å². The molecule has 0 spiro atoms. The molecule has 6 heteroatoms. The van der Waals surface area contributed by atoms with Crippen molar-refractivity contribution in [1.82, 2.24) is 4.98 Å². The van der Waals surface area contributed by atoms with Crippen LogP contribution in [0.1, 0.15) is 18.4 Å². The van der Waals surface area contributed by atoms with Gasteiger partial charge in [-0.3, -0.25) is 4.79 Å². The number of unbranched alkanes of at least 4 members (excludes halogenated alkanes) is 1. The van der Waals surface area contributed by atoms with E-state index < -0.39 is 0 Å². The molecule has 0 radical (unpaired) electrons. The van der Waals surface area contributed by atoms with Crippen LogP contribution in [-0.4, -0.2) is 17.5 Å². The molecule has 122 valence electrons. The predicted molar refractivity (Wildman–Crippen MR) is 88.6 cm³/mol. The van der Waals surface area contributed by atoms with Gasteiger partial charge in [-0.25, -0.2) is 9.37 Å². The Morgan fingerprint density at radius 3 is 2.88 bits per heavy atom. The Balaban J connectivity index is 1.96. The normalized spacial score (nSPS) is 10.3. The lowest BCUT2D eigenvalue weighted by Crippen LogP contribution is -2.11. The molecule has 0 atom stereocenters. The number of nitrogens with one attached hydrogen (secondary N) is 1. The van der Waals surface area contributed by atoms with E-state index in [4.69, 9.17) is 10.00 Å². The molecule has 1 heterocycles. The summed E-state index contributed by atoms with van der Waals surface area (Å²) in [6.07, 6.45) is 5.46. The Bertz CT molecular complexity index is 752. The highest BCUT2D eigenvalue weighted by Crippen LogP contribution is 2.21. The zero-order valence-corrected chi connectivity index (χ0v) is 12.9. The van der Waals surface area contributed by atoms with Crippen molar-refractivity contribution in [3.63, 3.8) is 0 Å². The van der Waals surface area contributed by atoms with Crippen LogP contribution in [0.2, 0.25) is 0 Å². The van der Waals surface area contributed by atoms with Gasteiger partial charge in [0.05, 0.1) is 12.7 Å². The summed E-state index contributed by atoms with van der Waals surface area (Å²) in [5, 5.41) is 11.1. The smallest absolute Gasteiger partial charge is 0.249 e. The highest BCUT2D eigenvalue weighted by molar-refractivity contribution is 6.02. The number of carbonyl (C=O) groups is 1. The molecule has 0 aliphatic rings. The van der Waals surface area contributed by atoms with Crippen LogP contribution in [0.3, 0.4) is 0 Å². The molecule has 0 fully saturated rings. The Morgan fingerprint density at radius 1 is 1.33 bits per heavy atom. The monoisotopic (exact) mass is 325 g/mol. The van der Waals surface area contributed by atoms with Crippen molar-refractivity contribution in [2.75, 3.05) is 11.9 Å². The first kappa shape index (κ1) is 17.2. The Labute approximate surface area is 139 Å². The largest absolute Gasteiger partial charge is 0.490 e. The van der Waals surface area contributed by atoms with Gasteiger partial charge in [0.1, 0.15) is 5.82 Å². The van der Waals surface area contributed by atoms with Gasteiger partial charge in [0.25, 0.3) is 0 Å². The van der Waals surface area contributed by atoms with Gasteiger partial charge < -0.3 is 10.1 Å². The average molecular weight is 325 g/mol. The minimum Gasteiger partial charge on any atom is -0.490 e. The maximum absolute atomic E-state index is 12.8. The number of amides is 1. The number of hydrogen-bond acceptors (Lipinski definition) is 4. The van der Waals surface area contributed by atoms with Crippen molar-refractivity contribution >= 4 is 17.8 Å². The minimum absolute atomic E-state index is 0.309. The number of carbonyl (C=O) groups excluding carboxylic acids is 1. The number of hydrogen-bond donors (Lipinski definition) is 1. The number of benzene rings is 1. The van der Waals surface area contributed by atoms with Gasteiger partial charge in [0, 0.05) is 18.7 Å². The quantitative estimate of drug-likeness (QED) is 0.624. The van der Waals surface area contributed by atoms with Crippen molar-refractivity contribution in [2.45, 2.75) is 12.8 Å². The van der Waals surface area contributed by atoms with Crippen LogP contribution < -0.4 is 10.1 Å². The van der Waals surface area contributed by atoms with Crippen LogP contribution in [0.4, 0.5) is 10.2 Å². The first-order valence-corrected chi connectivity index (χ1v) is 7.38. The van der Waals surface area contributed by atoms with Crippen molar-refractivity contribution in [2.24, 2.45) is 0 Å². The van der Waals surface area contributed by atoms with Gasteiger partial charge in [0.15, 0.2) is 11.6 Å². The molecule has 5 nitrogen and oxygen atoms in total. The highest BCUT2D eigenvalue weighted by Gasteiger charge is 2.07. The van der Waals surface area contributed by atoms with Crippen LogP contribution in [-0.2, 0) is 4.79 Å². The Kier molecular flexibility index (Phi) is 6.47. The molecule has 0 saturated carbocycles. The molecule has 0 bridgehead atoms. The van der Waals surface area contributed by atoms with Gasteiger partial charge in [-0.05, 0) is 42.3 Å². The van der Waals surface area contributed by atoms with E-state index in [1.165, 1.54) is 18.2 Å². The maximum Gasteiger partial charge on any atom is 0.249 e. The lowest BCUT2D eigenvalue weighted by molar-refractivity contribution is -0.111. The molecule has 1 amide bonds. The van der Waals surface area contributed by atoms with E-state index in [2.05, 4.69) is 10.3 Å². The standard InChI is InChI=1S/C18H16FN3O2/c19-15-8-5-14(6-9-15)7-10-17(23)22-18-16(4-3-12-21-18)24-13-2-1-11-20/h3-10,12H,1-2,13H2,(H,21,22,23). The third-order valence-corrected chi connectivity index (χ3v) is 3.00. The van der Waals surface area contributed by atoms with E-state index in [1.54, 1.807) is 36.5 Å². The number of pyridine rings is 1. The molecule has 0 aliphatic heterocycles. The average Bonchev–Trinajstić information content (AvgIpc) is 2.59. The highest BCUT2D eigenvalue weighted by atomic mass is 19.1. The number of aromatic nitrogens is 1. The van der Waals surface area contributed by atoms with Gasteiger partial charge in [-0.1, -0.05) is 12.1 Å². The summed E-state index contributed by atoms with van der Waals surface area (Å²) in [5.41, 5.74) is 0.709. The third kappa shape index (κ3) is 5.54. The number of halogens is 1. The third-order valence-electron chi connectivity index (χ3n) is 3.00. The molecule has 2 rings (SSSR count). The van der Waals surface area contributed by atoms with Gasteiger partial charge >= 0.3 is 0 Å². The van der Waals surface area contributed by atoms with Crippen LogP contribution in [0.5, 0.6) is 5.75 Å². The first-order chi connectivity index (χ1) is 11.7. The molecule has 0 aliphatic carbocycles. The van der Waals surface area contributed by atoms with Crippen molar-refractivity contribution in [3.05, 3.63) is 60.1 Å². The lowest BCUT2D eigenvalue weighted by atomic mass is 10.2. The number of anilines is 1. The Morgan fingerprint density at radius 2 is 2.12 bits per heavy atom. The molecule has 1 aromatic heterocycles. The maximum atomic E-state index is 12.8. The van der Waals surface area contributed by atoms with Crippen LogP contribution in [0.15, 0.2) is 48.7 Å². The second kappa shape index (κ2) is 9.06. The molecule has 2 aromatic rings. The predicted octanol–water partition coefficient (Wildman–Crippen LogP) is 3.56. The van der Waals surface area contributed by atoms with E-state index >= 15 is 0 Å². The van der Waals surface area contributed by atoms with E-state index in [0.29, 0.717) is 36.6 Å². The molecule has 1 N–H and O–H groups in total. The van der Waals surface area contributed by atoms with Gasteiger partial charge in [0.2, 0.25) is 5.91 Å². The summed E-state index contributed by atoms with van der Waals surface area (Å²) in [5.74, 6) is 0.0466. The van der Waals surface area contributed by atoms with Gasteiger partial charge in [-0.15, -0.1) is 0 Å². The van der Waals surface area contributed by atoms with Crippen molar-refractivity contribution in [3.8, 4) is 11.8 Å². The summed E-state index contributed by atoms with van der Waals surface area (Å²) in [7, 11) is 0. The number of rotatable bonds is 7. The lowest BCUT2D eigenvalue weighted by Gasteiger charge is -2.09. The fourth-order valence-corrected chi connectivity index (χ4v) is 1.84. The molecule has 0 unspecified atom stereocenters. The number of ether oxygens (including phenoxy) is 1. The van der Waals surface area contributed by atoms with Gasteiger partial charge in [-0.2, -0.15) is 5.26 Å². The van der Waals surface area contributed by atoms with Crippen LogP contribution in [0.25, 0.3) is 6.08 Å². The minimum atomic E-state index is -0.375. The second-order valence-electron chi connectivity index (χ2n) is 4.83. The summed E-state index contributed by atoms with van der Waals surface area (Å²) in [6, 6.07) is 11.2. The summed E-state index contributed by atoms with van der Waals surface area (Å²) in [4.78, 5) is 16.0. The summed E-state index contributed by atoms with van der Waals surface area (Å²) in [6.45, 7) is 0.369. The van der Waals surface area contributed by atoms with E-state index in [9.17, 15) is 9.18 Å². The molecule has 0 saturated heterocycles. The SMILES string of the molecule is N#CCCCOc1cccnc1NC(=O)C=Cc1ccc(F)cc1. The van der Waals surface area contributed by atoms with Crippen LogP contribution >= 0.6 is 0 Å². The van der Waals surface area contributed by atoms with Crippen LogP contribution in [0, 0.1) is 17.1 Å². The first-order valence-electron chi connectivity index (χ1n) is 7.38. The molecular formula is C18H16FN3O2. The number of nitrogens with zero attached hydrogens (tertiary/aromatic N) is 2. The number of nitriles is 1. The summed E-state index contributed by atoms with van der Waals surface area (Å²) < 4.78 is 18.3. The van der Waals surface area contributed by atoms with Crippen molar-refractivity contribution in [1.29, 1.82) is 5.26 Å². The zero-order valence-electron chi connectivity index (χ0n) is 12.9. The topological polar surface area (TPSA) is 75.0 Å². The molecular weight excluding hydrogens is 309 g/mol.